The Kier molecular flexibility index (Phi) is 5.01. The summed E-state index contributed by atoms with van der Waals surface area (Å²) in [5.41, 5.74) is 0.623. The Balaban J connectivity index is 1.36. The number of aromatic nitrogens is 6. The van der Waals surface area contributed by atoms with E-state index >= 15 is 0 Å². The van der Waals surface area contributed by atoms with Crippen molar-refractivity contribution in [3.8, 4) is 0 Å². The van der Waals surface area contributed by atoms with E-state index in [4.69, 9.17) is 4.74 Å². The molecule has 0 unspecified atom stereocenters. The molecule has 4 N–H and O–H groups in total. The monoisotopic (exact) mass is 443 g/mol. The standard InChI is InChI=1S/C20H22FN7O4/c1-20(31)16(30)14(7-29)32-19(20)28-10-26-15-17(23-8-24-18(15)28)22-4-5-27-9-25-12-6-11(21)2-3-13(12)27/h2-3,6,8-10,14,16,19,29-31H,4-5,7H2,1H3,(H,22,23,24)/t14-,16-,19-,20-/m1/s1. The fourth-order valence-corrected chi connectivity index (χ4v) is 4.05. The molecule has 1 aromatic carbocycles. The van der Waals surface area contributed by atoms with E-state index < -0.39 is 30.6 Å². The number of aliphatic hydroxyl groups is 3. The van der Waals surface area contributed by atoms with Crippen LogP contribution in [-0.4, -0.2) is 75.4 Å². The highest BCUT2D eigenvalue weighted by Gasteiger charge is 2.53. The van der Waals surface area contributed by atoms with Crippen molar-refractivity contribution >= 4 is 28.0 Å². The highest BCUT2D eigenvalue weighted by Crippen LogP contribution is 2.39. The van der Waals surface area contributed by atoms with Gasteiger partial charge in [-0.2, -0.15) is 0 Å². The Hall–Kier alpha value is -3.19. The summed E-state index contributed by atoms with van der Waals surface area (Å²) in [6.45, 7) is 2.05. The normalized spacial score (nSPS) is 25.7. The van der Waals surface area contributed by atoms with Gasteiger partial charge < -0.3 is 29.9 Å². The van der Waals surface area contributed by atoms with Gasteiger partial charge in [-0.05, 0) is 19.1 Å². The number of aliphatic hydroxyl groups excluding tert-OH is 2. The summed E-state index contributed by atoms with van der Waals surface area (Å²) in [6, 6.07) is 4.47. The Labute approximate surface area is 181 Å². The Morgan fingerprint density at radius 2 is 2.06 bits per heavy atom. The van der Waals surface area contributed by atoms with E-state index in [0.717, 1.165) is 5.52 Å². The van der Waals surface area contributed by atoms with Gasteiger partial charge in [-0.25, -0.2) is 24.3 Å². The summed E-state index contributed by atoms with van der Waals surface area (Å²) < 4.78 is 22.4. The smallest absolute Gasteiger partial charge is 0.168 e. The van der Waals surface area contributed by atoms with E-state index in [1.807, 2.05) is 4.57 Å². The molecule has 1 saturated heterocycles. The first-order valence-electron chi connectivity index (χ1n) is 10.1. The predicted octanol–water partition coefficient (Wildman–Crippen LogP) is 0.429. The number of benzene rings is 1. The van der Waals surface area contributed by atoms with Gasteiger partial charge in [-0.1, -0.05) is 0 Å². The van der Waals surface area contributed by atoms with E-state index in [0.29, 0.717) is 35.6 Å². The lowest BCUT2D eigenvalue weighted by Crippen LogP contribution is -2.44. The third-order valence-corrected chi connectivity index (χ3v) is 5.77. The Morgan fingerprint density at radius 3 is 2.84 bits per heavy atom. The molecule has 0 saturated carbocycles. The molecule has 32 heavy (non-hydrogen) atoms. The van der Waals surface area contributed by atoms with Gasteiger partial charge in [0, 0.05) is 19.2 Å². The van der Waals surface area contributed by atoms with Gasteiger partial charge in [-0.15, -0.1) is 0 Å². The minimum absolute atomic E-state index is 0.331. The zero-order valence-corrected chi connectivity index (χ0v) is 17.1. The van der Waals surface area contributed by atoms with Crippen molar-refractivity contribution in [1.82, 2.24) is 29.1 Å². The molecule has 11 nitrogen and oxygen atoms in total. The van der Waals surface area contributed by atoms with Gasteiger partial charge >= 0.3 is 0 Å². The fraction of sp³-hybridized carbons (Fsp3) is 0.400. The number of halogens is 1. The zero-order valence-electron chi connectivity index (χ0n) is 17.1. The molecule has 0 spiro atoms. The summed E-state index contributed by atoms with van der Waals surface area (Å²) in [5, 5.41) is 33.6. The number of ether oxygens (including phenoxy) is 1. The number of imidazole rings is 2. The maximum atomic E-state index is 13.4. The van der Waals surface area contributed by atoms with E-state index in [-0.39, 0.29) is 5.82 Å². The van der Waals surface area contributed by atoms with Gasteiger partial charge in [0.15, 0.2) is 23.2 Å². The molecule has 0 amide bonds. The second-order valence-corrected chi connectivity index (χ2v) is 7.92. The van der Waals surface area contributed by atoms with Gasteiger partial charge in [-0.3, -0.25) is 4.57 Å². The number of anilines is 1. The van der Waals surface area contributed by atoms with Crippen molar-refractivity contribution in [2.45, 2.75) is 37.5 Å². The highest BCUT2D eigenvalue weighted by atomic mass is 19.1. The molecule has 1 aliphatic heterocycles. The largest absolute Gasteiger partial charge is 0.394 e. The summed E-state index contributed by atoms with van der Waals surface area (Å²) in [5.74, 6) is 0.156. The minimum atomic E-state index is -1.65. The van der Waals surface area contributed by atoms with E-state index in [1.165, 1.54) is 36.3 Å². The van der Waals surface area contributed by atoms with Crippen molar-refractivity contribution in [3.63, 3.8) is 0 Å². The van der Waals surface area contributed by atoms with Crippen molar-refractivity contribution < 1.29 is 24.4 Å². The first-order chi connectivity index (χ1) is 15.4. The molecular formula is C20H22FN7O4. The average Bonchev–Trinajstić information content (AvgIpc) is 3.43. The summed E-state index contributed by atoms with van der Waals surface area (Å²) >= 11 is 0. The molecule has 5 rings (SSSR count). The number of fused-ring (bicyclic) bond motifs is 2. The zero-order chi connectivity index (χ0) is 22.5. The second-order valence-electron chi connectivity index (χ2n) is 7.92. The lowest BCUT2D eigenvalue weighted by molar-refractivity contribution is -0.0950. The van der Waals surface area contributed by atoms with Crippen molar-refractivity contribution in [2.75, 3.05) is 18.5 Å². The van der Waals surface area contributed by atoms with Crippen LogP contribution in [0.3, 0.4) is 0 Å². The van der Waals surface area contributed by atoms with Crippen LogP contribution in [-0.2, 0) is 11.3 Å². The molecular weight excluding hydrogens is 421 g/mol. The van der Waals surface area contributed by atoms with E-state index in [2.05, 4.69) is 25.3 Å². The molecule has 4 heterocycles. The molecule has 168 valence electrons. The second kappa shape index (κ2) is 7.74. The maximum Gasteiger partial charge on any atom is 0.168 e. The first-order valence-corrected chi connectivity index (χ1v) is 10.1. The third-order valence-electron chi connectivity index (χ3n) is 5.77. The van der Waals surface area contributed by atoms with Crippen LogP contribution in [0.5, 0.6) is 0 Å². The fourth-order valence-electron chi connectivity index (χ4n) is 4.05. The lowest BCUT2D eigenvalue weighted by atomic mass is 9.96. The molecule has 4 aromatic rings. The van der Waals surface area contributed by atoms with Gasteiger partial charge in [0.25, 0.3) is 0 Å². The summed E-state index contributed by atoms with van der Waals surface area (Å²) in [7, 11) is 0. The van der Waals surface area contributed by atoms with E-state index in [1.54, 1.807) is 12.4 Å². The summed E-state index contributed by atoms with van der Waals surface area (Å²) in [6.07, 6.45) is 1.28. The number of hydrogen-bond acceptors (Lipinski definition) is 9. The van der Waals surface area contributed by atoms with Crippen LogP contribution >= 0.6 is 0 Å². The number of hydrogen-bond donors (Lipinski definition) is 4. The number of nitrogens with one attached hydrogen (secondary N) is 1. The summed E-state index contributed by atoms with van der Waals surface area (Å²) in [4.78, 5) is 17.1. The quantitative estimate of drug-likeness (QED) is 0.333. The molecule has 0 bridgehead atoms. The highest BCUT2D eigenvalue weighted by molar-refractivity contribution is 5.82. The van der Waals surface area contributed by atoms with Crippen LogP contribution in [0.25, 0.3) is 22.2 Å². The molecule has 0 radical (unpaired) electrons. The molecule has 4 atom stereocenters. The third kappa shape index (κ3) is 3.28. The molecule has 0 aliphatic carbocycles. The van der Waals surface area contributed by atoms with Crippen molar-refractivity contribution in [1.29, 1.82) is 0 Å². The van der Waals surface area contributed by atoms with Crippen LogP contribution < -0.4 is 5.32 Å². The van der Waals surface area contributed by atoms with Crippen molar-refractivity contribution in [2.24, 2.45) is 0 Å². The predicted molar refractivity (Wildman–Crippen MR) is 111 cm³/mol. The van der Waals surface area contributed by atoms with E-state index in [9.17, 15) is 19.7 Å². The van der Waals surface area contributed by atoms with Crippen molar-refractivity contribution in [3.05, 3.63) is 43.0 Å². The lowest BCUT2D eigenvalue weighted by Gasteiger charge is -2.27. The molecule has 12 heteroatoms. The van der Waals surface area contributed by atoms with Crippen LogP contribution in [0.15, 0.2) is 37.2 Å². The Morgan fingerprint density at radius 1 is 1.22 bits per heavy atom. The minimum Gasteiger partial charge on any atom is -0.394 e. The molecule has 3 aromatic heterocycles. The van der Waals surface area contributed by atoms with Crippen LogP contribution in [0, 0.1) is 5.82 Å². The van der Waals surface area contributed by atoms with Gasteiger partial charge in [0.05, 0.1) is 30.3 Å². The topological polar surface area (TPSA) is 143 Å². The molecule has 1 fully saturated rings. The van der Waals surface area contributed by atoms with Gasteiger partial charge in [0.2, 0.25) is 0 Å². The van der Waals surface area contributed by atoms with Crippen LogP contribution in [0.2, 0.25) is 0 Å². The van der Waals surface area contributed by atoms with Crippen LogP contribution in [0.1, 0.15) is 13.2 Å². The SMILES string of the molecule is C[C@@]1(O)[C@H](O)[C@@H](CO)O[C@H]1n1cnc2c(NCCn3cnc4cc(F)ccc43)ncnc21. The average molecular weight is 443 g/mol. The first kappa shape index (κ1) is 20.7. The van der Waals surface area contributed by atoms with Gasteiger partial charge in [0.1, 0.15) is 30.0 Å². The Bertz CT molecular complexity index is 1270. The van der Waals surface area contributed by atoms with Crippen LogP contribution in [0.4, 0.5) is 10.2 Å². The maximum absolute atomic E-state index is 13.4. The number of rotatable bonds is 6. The molecule has 1 aliphatic rings. The number of nitrogens with zero attached hydrogens (tertiary/aromatic N) is 6.